The first-order chi connectivity index (χ1) is 26.0. The topological polar surface area (TPSA) is 218 Å². The van der Waals surface area contributed by atoms with E-state index in [9.17, 15) is 34.6 Å². The summed E-state index contributed by atoms with van der Waals surface area (Å²) >= 11 is 0. The minimum atomic E-state index is -4.88. The summed E-state index contributed by atoms with van der Waals surface area (Å²) in [4.78, 5) is 14.5. The summed E-state index contributed by atoms with van der Waals surface area (Å²) in [7, 11) is -3.81. The molecule has 1 aromatic carbocycles. The average Bonchev–Trinajstić information content (AvgIpc) is 3.61. The van der Waals surface area contributed by atoms with Crippen molar-refractivity contribution in [1.82, 2.24) is 14.6 Å². The maximum Gasteiger partial charge on any atom is 0.472 e. The molecule has 5 atom stereocenters. The number of phosphoric acid groups is 1. The number of aromatic nitrogens is 3. The summed E-state index contributed by atoms with van der Waals surface area (Å²) in [5, 5.41) is 45.4. The monoisotopic (exact) mass is 774 g/mol. The normalized spacial score (nSPS) is 15.6. The maximum atomic E-state index is 14.1. The second-order valence-electron chi connectivity index (χ2n) is 13.6. The first-order valence-electron chi connectivity index (χ1n) is 18.8. The Bertz CT molecular complexity index is 1700. The number of aliphatic hydroxyl groups is 2. The van der Waals surface area contributed by atoms with Gasteiger partial charge < -0.3 is 30.3 Å². The van der Waals surface area contributed by atoms with Crippen LogP contribution in [0.4, 0.5) is 10.2 Å². The number of unbranched alkanes of at least 4 members (excludes halogenated alkanes) is 13. The number of nitrogen functional groups attached to an aromatic ring is 1. The Labute approximate surface area is 317 Å². The van der Waals surface area contributed by atoms with Gasteiger partial charge in [0, 0.05) is 7.11 Å². The summed E-state index contributed by atoms with van der Waals surface area (Å²) in [5.74, 6) is -0.470. The van der Waals surface area contributed by atoms with Gasteiger partial charge in [0.25, 0.3) is 0 Å². The molecule has 1 unspecified atom stereocenters. The molecular weight excluding hydrogens is 718 g/mol. The van der Waals surface area contributed by atoms with Gasteiger partial charge in [-0.05, 0) is 42.3 Å². The van der Waals surface area contributed by atoms with Gasteiger partial charge in [0.2, 0.25) is 5.60 Å². The molecular formula is C38H56FN6O8P. The van der Waals surface area contributed by atoms with Gasteiger partial charge in [-0.2, -0.15) is 15.6 Å². The molecule has 3 aromatic rings. The molecule has 2 heterocycles. The molecule has 0 spiro atoms. The number of rotatable bonds is 28. The molecule has 0 saturated carbocycles. The maximum absolute atomic E-state index is 14.1. The Balaban J connectivity index is 1.54. The molecule has 0 radical (unpaired) electrons. The highest BCUT2D eigenvalue weighted by Gasteiger charge is 2.46. The predicted molar refractivity (Wildman–Crippen MR) is 200 cm³/mol. The summed E-state index contributed by atoms with van der Waals surface area (Å²) < 4.78 is 50.0. The van der Waals surface area contributed by atoms with Crippen molar-refractivity contribution in [3.05, 3.63) is 59.3 Å². The van der Waals surface area contributed by atoms with E-state index in [0.29, 0.717) is 17.5 Å². The second kappa shape index (κ2) is 23.4. The van der Waals surface area contributed by atoms with Crippen molar-refractivity contribution in [3.63, 3.8) is 0 Å². The Hall–Kier alpha value is -3.50. The van der Waals surface area contributed by atoms with Crippen LogP contribution in [0.2, 0.25) is 0 Å². The van der Waals surface area contributed by atoms with E-state index < -0.39 is 44.2 Å². The minimum absolute atomic E-state index is 0.0513. The lowest BCUT2D eigenvalue weighted by Crippen LogP contribution is -2.50. The van der Waals surface area contributed by atoms with E-state index in [1.807, 2.05) is 6.07 Å². The molecule has 5 N–H and O–H groups in total. The number of anilines is 1. The molecule has 0 amide bonds. The number of nitrogens with two attached hydrogens (primary N) is 1. The highest BCUT2D eigenvalue weighted by molar-refractivity contribution is 7.47. The zero-order valence-electron chi connectivity index (χ0n) is 31.4. The Kier molecular flexibility index (Phi) is 19.5. The highest BCUT2D eigenvalue weighted by atomic mass is 31.2. The Morgan fingerprint density at radius 1 is 0.963 bits per heavy atom. The fraction of sp³-hybridized carbons (Fsp3) is 0.632. The number of hydrogen-bond donors (Lipinski definition) is 4. The second-order valence-corrected chi connectivity index (χ2v) is 15.1. The third-order valence-electron chi connectivity index (χ3n) is 9.46. The van der Waals surface area contributed by atoms with Gasteiger partial charge in [0.05, 0.1) is 36.6 Å². The molecule has 54 heavy (non-hydrogen) atoms. The number of benzene rings is 1. The van der Waals surface area contributed by atoms with Crippen LogP contribution in [0.15, 0.2) is 36.7 Å². The molecule has 0 aliphatic heterocycles. The van der Waals surface area contributed by atoms with Crippen LogP contribution < -0.4 is 5.73 Å². The van der Waals surface area contributed by atoms with Crippen LogP contribution in [0.1, 0.15) is 126 Å². The van der Waals surface area contributed by atoms with E-state index in [1.54, 1.807) is 6.07 Å². The standard InChI is InChI=1S/C38H56FN6O8P/c1-3-4-5-6-7-8-9-10-11-12-13-14-15-16-17-32(51-24-30-20-29(23-40)21-31(39)22-30)25-52-54(48,49)53-27-38(26-41,50-2)36(47)35(46)33-18-19-34-37(42)43-28-44-45(33)34/h18-22,28,32,35-36,46-47H,3-17,24-25,27H2,1-2H3,(H,48,49)(H2,42,43,44)/t32-,35-,36-,38+/m0/s1. The molecule has 2 aromatic heterocycles. The molecule has 298 valence electrons. The average molecular weight is 775 g/mol. The molecule has 14 nitrogen and oxygen atoms in total. The minimum Gasteiger partial charge on any atom is -0.386 e. The largest absolute Gasteiger partial charge is 0.472 e. The predicted octanol–water partition coefficient (Wildman–Crippen LogP) is 7.22. The van der Waals surface area contributed by atoms with Gasteiger partial charge in [0.15, 0.2) is 5.82 Å². The zero-order valence-corrected chi connectivity index (χ0v) is 32.3. The fourth-order valence-electron chi connectivity index (χ4n) is 6.21. The van der Waals surface area contributed by atoms with Crippen molar-refractivity contribution >= 4 is 19.2 Å². The molecule has 3 rings (SSSR count). The number of nitriles is 2. The van der Waals surface area contributed by atoms with E-state index >= 15 is 0 Å². The number of hydrogen-bond acceptors (Lipinski definition) is 12. The third-order valence-corrected chi connectivity index (χ3v) is 10.4. The van der Waals surface area contributed by atoms with Crippen molar-refractivity contribution in [2.45, 2.75) is 134 Å². The molecule has 0 bridgehead atoms. The van der Waals surface area contributed by atoms with Crippen LogP contribution in [-0.2, 0) is 29.7 Å². The van der Waals surface area contributed by atoms with Crippen LogP contribution >= 0.6 is 7.82 Å². The lowest BCUT2D eigenvalue weighted by Gasteiger charge is -2.33. The summed E-state index contributed by atoms with van der Waals surface area (Å²) in [6.07, 6.45) is 13.8. The van der Waals surface area contributed by atoms with Gasteiger partial charge in [-0.15, -0.1) is 0 Å². The van der Waals surface area contributed by atoms with Gasteiger partial charge in [-0.3, -0.25) is 9.05 Å². The number of aliphatic hydroxyl groups excluding tert-OH is 2. The van der Waals surface area contributed by atoms with Gasteiger partial charge in [-0.1, -0.05) is 96.8 Å². The van der Waals surface area contributed by atoms with Crippen LogP contribution in [0.3, 0.4) is 0 Å². The molecule has 0 aliphatic carbocycles. The van der Waals surface area contributed by atoms with E-state index in [2.05, 4.69) is 17.0 Å². The third kappa shape index (κ3) is 14.3. The Morgan fingerprint density at radius 2 is 1.59 bits per heavy atom. The van der Waals surface area contributed by atoms with Crippen molar-refractivity contribution in [2.24, 2.45) is 0 Å². The van der Waals surface area contributed by atoms with Gasteiger partial charge in [0.1, 0.15) is 42.5 Å². The highest BCUT2D eigenvalue weighted by Crippen LogP contribution is 2.45. The number of halogens is 1. The van der Waals surface area contributed by atoms with Crippen LogP contribution in [-0.4, -0.2) is 67.8 Å². The van der Waals surface area contributed by atoms with Crippen molar-refractivity contribution in [3.8, 4) is 12.1 Å². The smallest absolute Gasteiger partial charge is 0.386 e. The molecule has 0 aliphatic rings. The lowest BCUT2D eigenvalue weighted by atomic mass is 9.93. The van der Waals surface area contributed by atoms with E-state index in [-0.39, 0.29) is 30.3 Å². The number of nitrogens with zero attached hydrogens (tertiary/aromatic N) is 5. The lowest BCUT2D eigenvalue weighted by molar-refractivity contribution is -0.134. The zero-order chi connectivity index (χ0) is 39.4. The quantitative estimate of drug-likeness (QED) is 0.0424. The molecule has 16 heteroatoms. The van der Waals surface area contributed by atoms with Crippen molar-refractivity contribution in [2.75, 3.05) is 26.1 Å². The first-order valence-corrected chi connectivity index (χ1v) is 20.3. The van der Waals surface area contributed by atoms with E-state index in [1.165, 1.54) is 93.0 Å². The van der Waals surface area contributed by atoms with Crippen LogP contribution in [0, 0.1) is 28.5 Å². The van der Waals surface area contributed by atoms with E-state index in [4.69, 9.17) is 24.3 Å². The molecule has 0 fully saturated rings. The summed E-state index contributed by atoms with van der Waals surface area (Å²) in [6, 6.07) is 10.4. The summed E-state index contributed by atoms with van der Waals surface area (Å²) in [5.41, 5.74) is 4.48. The SMILES string of the molecule is CCCCCCCCCCCCCCCC[C@@H](COP(=O)(O)OC[C@@](C#N)(OC)[C@@H](O)[C@@H](O)c1ccc2c(N)ncnn12)OCc1cc(F)cc(C#N)c1. The first kappa shape index (κ1) is 44.9. The molecule has 0 saturated heterocycles. The number of phosphoric ester groups is 1. The van der Waals surface area contributed by atoms with Crippen LogP contribution in [0.5, 0.6) is 0 Å². The number of fused-ring (bicyclic) bond motifs is 1. The number of methoxy groups -OCH3 is 1. The van der Waals surface area contributed by atoms with E-state index in [0.717, 1.165) is 45.2 Å². The number of ether oxygens (including phenoxy) is 2. The summed E-state index contributed by atoms with van der Waals surface area (Å²) in [6.45, 7) is 0.804. The van der Waals surface area contributed by atoms with Crippen molar-refractivity contribution < 1.29 is 42.6 Å². The van der Waals surface area contributed by atoms with Crippen molar-refractivity contribution in [1.29, 1.82) is 10.5 Å². The van der Waals surface area contributed by atoms with Gasteiger partial charge in [-0.25, -0.2) is 18.5 Å². The van der Waals surface area contributed by atoms with Crippen LogP contribution in [0.25, 0.3) is 5.52 Å². The van der Waals surface area contributed by atoms with Gasteiger partial charge >= 0.3 is 7.82 Å². The Morgan fingerprint density at radius 3 is 2.19 bits per heavy atom. The fourth-order valence-corrected chi connectivity index (χ4v) is 6.99.